The molecule has 1 N–H and O–H groups in total. The van der Waals surface area contributed by atoms with Gasteiger partial charge in [-0.1, -0.05) is 0 Å². The van der Waals surface area contributed by atoms with Crippen molar-refractivity contribution >= 4 is 16.9 Å². The van der Waals surface area contributed by atoms with Gasteiger partial charge in [-0.05, 0) is 63.3 Å². The number of nitrogens with one attached hydrogen (secondary N) is 1. The van der Waals surface area contributed by atoms with Crippen LogP contribution in [0, 0.1) is 6.92 Å². The third-order valence-electron chi connectivity index (χ3n) is 3.99. The summed E-state index contributed by atoms with van der Waals surface area (Å²) in [6.07, 6.45) is 2.53. The van der Waals surface area contributed by atoms with Gasteiger partial charge in [0.15, 0.2) is 6.61 Å². The minimum Gasteiger partial charge on any atom is -0.483 e. The molecule has 0 saturated carbocycles. The highest BCUT2D eigenvalue weighted by Crippen LogP contribution is 2.35. The van der Waals surface area contributed by atoms with Gasteiger partial charge in [0, 0.05) is 11.6 Å². The smallest absolute Gasteiger partial charge is 0.339 e. The number of hydrogen-bond donors (Lipinski definition) is 1. The van der Waals surface area contributed by atoms with Crippen LogP contribution in [0.4, 0.5) is 0 Å². The largest absolute Gasteiger partial charge is 0.483 e. The van der Waals surface area contributed by atoms with Gasteiger partial charge in [0.1, 0.15) is 11.3 Å². The Hall–Kier alpha value is -2.30. The van der Waals surface area contributed by atoms with E-state index in [9.17, 15) is 9.59 Å². The van der Waals surface area contributed by atoms with Crippen LogP contribution in [0.25, 0.3) is 11.0 Å². The summed E-state index contributed by atoms with van der Waals surface area (Å²) in [5, 5.41) is 3.63. The van der Waals surface area contributed by atoms with Crippen molar-refractivity contribution in [3.63, 3.8) is 0 Å². The first-order chi connectivity index (χ1) is 11.0. The minimum atomic E-state index is -0.251. The van der Waals surface area contributed by atoms with Gasteiger partial charge in [-0.15, -0.1) is 0 Å². The molecular formula is C18H21NO4. The van der Waals surface area contributed by atoms with Crippen LogP contribution < -0.4 is 15.7 Å². The molecule has 0 saturated heterocycles. The van der Waals surface area contributed by atoms with Crippen molar-refractivity contribution in [1.82, 2.24) is 5.32 Å². The number of fused-ring (bicyclic) bond motifs is 3. The van der Waals surface area contributed by atoms with Crippen molar-refractivity contribution < 1.29 is 13.9 Å². The fraction of sp³-hybridized carbons (Fsp3) is 0.444. The highest BCUT2D eigenvalue weighted by Gasteiger charge is 2.22. The van der Waals surface area contributed by atoms with Gasteiger partial charge in [0.25, 0.3) is 5.91 Å². The second-order valence-corrected chi connectivity index (χ2v) is 6.35. The number of carbonyl (C=O) groups is 1. The molecule has 23 heavy (non-hydrogen) atoms. The summed E-state index contributed by atoms with van der Waals surface area (Å²) in [5.41, 5.74) is 2.97. The summed E-state index contributed by atoms with van der Waals surface area (Å²) in [6, 6.07) is 3.81. The lowest BCUT2D eigenvalue weighted by atomic mass is 10.0. The lowest BCUT2D eigenvalue weighted by molar-refractivity contribution is -0.123. The van der Waals surface area contributed by atoms with E-state index in [2.05, 4.69) is 5.32 Å². The molecule has 3 rings (SSSR count). The molecule has 1 amide bonds. The van der Waals surface area contributed by atoms with Gasteiger partial charge >= 0.3 is 5.63 Å². The molecule has 2 aromatic rings. The standard InChI is InChI=1S/C18H21NO4/c1-10(2)19-16(20)9-22-14-7-11(3)8-15-17(14)12-5-4-6-13(12)18(21)23-15/h7-8,10H,4-6,9H2,1-3H3,(H,19,20). The van der Waals surface area contributed by atoms with Crippen LogP contribution in [0.1, 0.15) is 37.0 Å². The van der Waals surface area contributed by atoms with Crippen LogP contribution in [0.2, 0.25) is 0 Å². The van der Waals surface area contributed by atoms with E-state index in [0.717, 1.165) is 41.3 Å². The molecule has 1 aliphatic rings. The van der Waals surface area contributed by atoms with Crippen LogP contribution in [0.15, 0.2) is 21.3 Å². The molecule has 122 valence electrons. The van der Waals surface area contributed by atoms with Crippen molar-refractivity contribution in [3.05, 3.63) is 39.2 Å². The van der Waals surface area contributed by atoms with Gasteiger partial charge in [0.2, 0.25) is 0 Å². The molecule has 0 spiro atoms. The molecule has 5 nitrogen and oxygen atoms in total. The minimum absolute atomic E-state index is 0.0510. The van der Waals surface area contributed by atoms with Crippen molar-refractivity contribution in [1.29, 1.82) is 0 Å². The molecule has 5 heteroatoms. The normalized spacial score (nSPS) is 13.4. The highest BCUT2D eigenvalue weighted by atomic mass is 16.5. The number of rotatable bonds is 4. The first-order valence-corrected chi connectivity index (χ1v) is 7.97. The van der Waals surface area contributed by atoms with Crippen LogP contribution in [0.5, 0.6) is 5.75 Å². The molecule has 0 atom stereocenters. The van der Waals surface area contributed by atoms with Gasteiger partial charge < -0.3 is 14.5 Å². The Morgan fingerprint density at radius 1 is 1.30 bits per heavy atom. The van der Waals surface area contributed by atoms with Crippen LogP contribution in [-0.4, -0.2) is 18.6 Å². The Morgan fingerprint density at radius 3 is 2.78 bits per heavy atom. The third kappa shape index (κ3) is 3.09. The van der Waals surface area contributed by atoms with E-state index in [1.54, 1.807) is 0 Å². The molecule has 0 aliphatic heterocycles. The maximum Gasteiger partial charge on any atom is 0.339 e. The van der Waals surface area contributed by atoms with E-state index in [0.29, 0.717) is 11.3 Å². The zero-order chi connectivity index (χ0) is 16.6. The van der Waals surface area contributed by atoms with E-state index in [1.165, 1.54) is 0 Å². The Bertz CT molecular complexity index is 820. The summed E-state index contributed by atoms with van der Waals surface area (Å²) < 4.78 is 11.2. The van der Waals surface area contributed by atoms with Crippen molar-refractivity contribution in [2.45, 2.75) is 46.1 Å². The number of carbonyl (C=O) groups excluding carboxylic acids is 1. The molecule has 1 aliphatic carbocycles. The first-order valence-electron chi connectivity index (χ1n) is 7.97. The average Bonchev–Trinajstić information content (AvgIpc) is 2.93. The van der Waals surface area contributed by atoms with Crippen LogP contribution in [-0.2, 0) is 17.6 Å². The Labute approximate surface area is 134 Å². The molecule has 0 unspecified atom stereocenters. The van der Waals surface area contributed by atoms with E-state index in [-0.39, 0.29) is 24.2 Å². The van der Waals surface area contributed by atoms with Gasteiger partial charge in [0.05, 0.1) is 5.39 Å². The molecular weight excluding hydrogens is 294 g/mol. The summed E-state index contributed by atoms with van der Waals surface area (Å²) in [5.74, 6) is 0.449. The zero-order valence-corrected chi connectivity index (χ0v) is 13.7. The van der Waals surface area contributed by atoms with Gasteiger partial charge in [-0.2, -0.15) is 0 Å². The molecule has 1 aromatic carbocycles. The number of aryl methyl sites for hydroxylation is 2. The molecule has 0 fully saturated rings. The summed E-state index contributed by atoms with van der Waals surface area (Å²) in [6.45, 7) is 5.67. The second-order valence-electron chi connectivity index (χ2n) is 6.35. The first kappa shape index (κ1) is 15.6. The number of ether oxygens (including phenoxy) is 1. The lowest BCUT2D eigenvalue weighted by Crippen LogP contribution is -2.34. The Balaban J connectivity index is 2.01. The summed E-state index contributed by atoms with van der Waals surface area (Å²) >= 11 is 0. The monoisotopic (exact) mass is 315 g/mol. The predicted molar refractivity (Wildman–Crippen MR) is 88.0 cm³/mol. The quantitative estimate of drug-likeness (QED) is 0.880. The zero-order valence-electron chi connectivity index (χ0n) is 13.7. The fourth-order valence-corrected chi connectivity index (χ4v) is 3.13. The number of benzene rings is 1. The molecule has 1 heterocycles. The third-order valence-corrected chi connectivity index (χ3v) is 3.99. The second kappa shape index (κ2) is 6.07. The molecule has 0 bridgehead atoms. The van der Waals surface area contributed by atoms with Crippen LogP contribution in [0.3, 0.4) is 0 Å². The summed E-state index contributed by atoms with van der Waals surface area (Å²) in [4.78, 5) is 23.9. The maximum absolute atomic E-state index is 12.1. The van der Waals surface area contributed by atoms with Crippen LogP contribution >= 0.6 is 0 Å². The molecule has 1 aromatic heterocycles. The highest BCUT2D eigenvalue weighted by molar-refractivity contribution is 5.89. The van der Waals surface area contributed by atoms with E-state index < -0.39 is 0 Å². The van der Waals surface area contributed by atoms with E-state index >= 15 is 0 Å². The SMILES string of the molecule is Cc1cc(OCC(=O)NC(C)C)c2c3c(c(=O)oc2c1)CCC3. The fourth-order valence-electron chi connectivity index (χ4n) is 3.13. The van der Waals surface area contributed by atoms with Crippen molar-refractivity contribution in [2.75, 3.05) is 6.61 Å². The maximum atomic E-state index is 12.1. The van der Waals surface area contributed by atoms with Crippen molar-refractivity contribution in [3.8, 4) is 5.75 Å². The van der Waals surface area contributed by atoms with Gasteiger partial charge in [-0.3, -0.25) is 4.79 Å². The molecule has 0 radical (unpaired) electrons. The van der Waals surface area contributed by atoms with E-state index in [4.69, 9.17) is 9.15 Å². The Kier molecular flexibility index (Phi) is 4.11. The number of hydrogen-bond acceptors (Lipinski definition) is 4. The topological polar surface area (TPSA) is 68.5 Å². The van der Waals surface area contributed by atoms with E-state index in [1.807, 2.05) is 32.9 Å². The van der Waals surface area contributed by atoms with Gasteiger partial charge in [-0.25, -0.2) is 4.79 Å². The average molecular weight is 315 g/mol. The Morgan fingerprint density at radius 2 is 2.04 bits per heavy atom. The summed E-state index contributed by atoms with van der Waals surface area (Å²) in [7, 11) is 0. The lowest BCUT2D eigenvalue weighted by Gasteiger charge is -2.13. The predicted octanol–water partition coefficient (Wildman–Crippen LogP) is 2.49. The number of amides is 1. The van der Waals surface area contributed by atoms with Crippen molar-refractivity contribution in [2.24, 2.45) is 0 Å².